The smallest absolute Gasteiger partial charge is 0.286 e. The zero-order valence-electron chi connectivity index (χ0n) is 14.4. The number of halogens is 4. The first kappa shape index (κ1) is 20.9. The Bertz CT molecular complexity index is 948. The fraction of sp³-hybridized carbons (Fsp3) is 0.222. The highest BCUT2D eigenvalue weighted by molar-refractivity contribution is 6.40. The van der Waals surface area contributed by atoms with Crippen LogP contribution in [0.15, 0.2) is 41.1 Å². The molecule has 0 saturated heterocycles. The van der Waals surface area contributed by atoms with Crippen LogP contribution in [0.1, 0.15) is 22.7 Å². The van der Waals surface area contributed by atoms with Crippen LogP contribution in [0, 0.1) is 0 Å². The fourth-order valence-electron chi connectivity index (χ4n) is 2.38. The number of nitrogens with zero attached hydrogens (tertiary/aromatic N) is 2. The van der Waals surface area contributed by atoms with Gasteiger partial charge in [0.1, 0.15) is 12.4 Å². The zero-order valence-corrected chi connectivity index (χ0v) is 17.4. The lowest BCUT2D eigenvalue weighted by Gasteiger charge is -2.09. The minimum absolute atomic E-state index is 0.0639. The van der Waals surface area contributed by atoms with E-state index in [1.54, 1.807) is 29.2 Å². The van der Waals surface area contributed by atoms with Gasteiger partial charge in [-0.1, -0.05) is 46.4 Å². The van der Waals surface area contributed by atoms with Crippen molar-refractivity contribution >= 4 is 52.3 Å². The Labute approximate surface area is 181 Å². The quantitative estimate of drug-likeness (QED) is 0.449. The highest BCUT2D eigenvalue weighted by Gasteiger charge is 2.13. The fourth-order valence-corrected chi connectivity index (χ4v) is 3.46. The van der Waals surface area contributed by atoms with E-state index in [9.17, 15) is 4.79 Å². The van der Waals surface area contributed by atoms with Gasteiger partial charge in [-0.05, 0) is 30.7 Å². The maximum atomic E-state index is 12.1. The second-order valence-corrected chi connectivity index (χ2v) is 7.47. The van der Waals surface area contributed by atoms with Crippen LogP contribution < -0.4 is 10.1 Å². The third-order valence-corrected chi connectivity index (χ3v) is 4.63. The molecule has 2 aromatic heterocycles. The van der Waals surface area contributed by atoms with Crippen molar-refractivity contribution < 1.29 is 13.9 Å². The Kier molecular flexibility index (Phi) is 7.13. The van der Waals surface area contributed by atoms with Crippen LogP contribution in [-0.4, -0.2) is 22.2 Å². The molecule has 0 bridgehead atoms. The summed E-state index contributed by atoms with van der Waals surface area (Å²) in [6, 6.07) is 6.29. The highest BCUT2D eigenvalue weighted by atomic mass is 35.5. The molecule has 0 aliphatic heterocycles. The molecule has 148 valence electrons. The minimum atomic E-state index is -0.313. The molecule has 0 saturated carbocycles. The van der Waals surface area contributed by atoms with E-state index in [4.69, 9.17) is 55.6 Å². The summed E-state index contributed by atoms with van der Waals surface area (Å²) >= 11 is 23.8. The molecule has 0 radical (unpaired) electrons. The molecule has 1 N–H and O–H groups in total. The molecular formula is C18H15Cl4N3O3. The molecule has 0 unspecified atom stereocenters. The van der Waals surface area contributed by atoms with Crippen molar-refractivity contribution in [2.75, 3.05) is 6.54 Å². The van der Waals surface area contributed by atoms with Gasteiger partial charge < -0.3 is 14.5 Å². The van der Waals surface area contributed by atoms with E-state index in [2.05, 4.69) is 10.4 Å². The molecule has 28 heavy (non-hydrogen) atoms. The van der Waals surface area contributed by atoms with Crippen molar-refractivity contribution in [3.63, 3.8) is 0 Å². The van der Waals surface area contributed by atoms with Crippen molar-refractivity contribution in [3.8, 4) is 5.75 Å². The van der Waals surface area contributed by atoms with E-state index < -0.39 is 0 Å². The molecule has 10 heteroatoms. The molecule has 2 heterocycles. The normalized spacial score (nSPS) is 10.9. The Morgan fingerprint density at radius 3 is 2.57 bits per heavy atom. The number of furan rings is 1. The number of carbonyl (C=O) groups excluding carboxylic acids is 1. The largest absolute Gasteiger partial charge is 0.483 e. The van der Waals surface area contributed by atoms with Gasteiger partial charge in [-0.3, -0.25) is 9.48 Å². The maximum Gasteiger partial charge on any atom is 0.286 e. The Balaban J connectivity index is 1.47. The van der Waals surface area contributed by atoms with Gasteiger partial charge in [0.25, 0.3) is 5.91 Å². The van der Waals surface area contributed by atoms with Crippen LogP contribution in [0.2, 0.25) is 20.1 Å². The van der Waals surface area contributed by atoms with E-state index in [0.717, 1.165) is 0 Å². The first-order chi connectivity index (χ1) is 13.4. The van der Waals surface area contributed by atoms with Crippen molar-refractivity contribution in [1.29, 1.82) is 0 Å². The van der Waals surface area contributed by atoms with E-state index in [0.29, 0.717) is 51.1 Å². The predicted molar refractivity (Wildman–Crippen MR) is 109 cm³/mol. The summed E-state index contributed by atoms with van der Waals surface area (Å²) < 4.78 is 12.8. The molecular weight excluding hydrogens is 448 g/mol. The van der Waals surface area contributed by atoms with Crippen LogP contribution in [0.5, 0.6) is 5.75 Å². The van der Waals surface area contributed by atoms with Crippen LogP contribution in [0.3, 0.4) is 0 Å². The van der Waals surface area contributed by atoms with Crippen molar-refractivity contribution in [2.24, 2.45) is 0 Å². The maximum absolute atomic E-state index is 12.1. The summed E-state index contributed by atoms with van der Waals surface area (Å²) in [5.41, 5.74) is 0. The van der Waals surface area contributed by atoms with Gasteiger partial charge in [-0.15, -0.1) is 0 Å². The number of nitrogens with one attached hydrogen (secondary N) is 1. The molecule has 0 fully saturated rings. The van der Waals surface area contributed by atoms with Crippen molar-refractivity contribution in [2.45, 2.75) is 19.6 Å². The standard InChI is InChI=1S/C18H15Cl4N3O3/c19-11-6-14(21)17(15(22)7-11)27-10-13-2-3-16(28-13)18(26)23-4-1-5-25-9-12(20)8-24-25/h2-3,6-9H,1,4-5,10H2,(H,23,26). The number of carbonyl (C=O) groups is 1. The molecule has 0 spiro atoms. The zero-order chi connectivity index (χ0) is 20.1. The lowest BCUT2D eigenvalue weighted by atomic mass is 10.3. The predicted octanol–water partition coefficient (Wildman–Crippen LogP) is 5.49. The van der Waals surface area contributed by atoms with E-state index in [-0.39, 0.29) is 18.3 Å². The van der Waals surface area contributed by atoms with E-state index in [1.807, 2.05) is 0 Å². The minimum Gasteiger partial charge on any atom is -0.483 e. The molecule has 0 aliphatic rings. The number of hydrogen-bond donors (Lipinski definition) is 1. The molecule has 3 rings (SSSR count). The average molecular weight is 463 g/mol. The number of aryl methyl sites for hydroxylation is 1. The lowest BCUT2D eigenvalue weighted by molar-refractivity contribution is 0.0921. The van der Waals surface area contributed by atoms with Crippen LogP contribution in [0.25, 0.3) is 0 Å². The summed E-state index contributed by atoms with van der Waals surface area (Å²) in [6.45, 7) is 1.18. The van der Waals surface area contributed by atoms with Gasteiger partial charge >= 0.3 is 0 Å². The Morgan fingerprint density at radius 2 is 1.89 bits per heavy atom. The average Bonchev–Trinajstić information content (AvgIpc) is 3.27. The van der Waals surface area contributed by atoms with Crippen LogP contribution in [0.4, 0.5) is 0 Å². The Morgan fingerprint density at radius 1 is 1.14 bits per heavy atom. The van der Waals surface area contributed by atoms with Crippen molar-refractivity contribution in [3.05, 3.63) is 68.3 Å². The van der Waals surface area contributed by atoms with E-state index >= 15 is 0 Å². The topological polar surface area (TPSA) is 69.3 Å². The number of amides is 1. The molecule has 1 amide bonds. The second-order valence-electron chi connectivity index (χ2n) is 5.78. The summed E-state index contributed by atoms with van der Waals surface area (Å²) in [5.74, 6) is 0.633. The number of aromatic nitrogens is 2. The van der Waals surface area contributed by atoms with Gasteiger partial charge in [0.05, 0.1) is 21.3 Å². The van der Waals surface area contributed by atoms with Gasteiger partial charge in [0.2, 0.25) is 0 Å². The first-order valence-corrected chi connectivity index (χ1v) is 9.76. The highest BCUT2D eigenvalue weighted by Crippen LogP contribution is 2.36. The third-order valence-electron chi connectivity index (χ3n) is 3.66. The second kappa shape index (κ2) is 9.56. The summed E-state index contributed by atoms with van der Waals surface area (Å²) in [4.78, 5) is 12.1. The third kappa shape index (κ3) is 5.58. The van der Waals surface area contributed by atoms with Crippen molar-refractivity contribution in [1.82, 2.24) is 15.1 Å². The molecule has 3 aromatic rings. The van der Waals surface area contributed by atoms with E-state index in [1.165, 1.54) is 12.1 Å². The molecule has 6 nitrogen and oxygen atoms in total. The van der Waals surface area contributed by atoms with Gasteiger partial charge in [-0.25, -0.2) is 0 Å². The summed E-state index contributed by atoms with van der Waals surface area (Å²) in [5, 5.41) is 8.43. The molecule has 0 aliphatic carbocycles. The van der Waals surface area contributed by atoms with Gasteiger partial charge in [0.15, 0.2) is 11.5 Å². The number of hydrogen-bond acceptors (Lipinski definition) is 4. The first-order valence-electron chi connectivity index (χ1n) is 8.24. The SMILES string of the molecule is O=C(NCCCn1cc(Cl)cn1)c1ccc(COc2c(Cl)cc(Cl)cc2Cl)o1. The van der Waals surface area contributed by atoms with Gasteiger partial charge in [-0.2, -0.15) is 5.10 Å². The number of rotatable bonds is 8. The monoisotopic (exact) mass is 461 g/mol. The summed E-state index contributed by atoms with van der Waals surface area (Å²) in [7, 11) is 0. The Hall–Kier alpha value is -1.86. The lowest BCUT2D eigenvalue weighted by Crippen LogP contribution is -2.24. The number of ether oxygens (including phenoxy) is 1. The van der Waals surface area contributed by atoms with Crippen LogP contribution >= 0.6 is 46.4 Å². The molecule has 1 aromatic carbocycles. The van der Waals surface area contributed by atoms with Crippen LogP contribution in [-0.2, 0) is 13.2 Å². The van der Waals surface area contributed by atoms with Gasteiger partial charge in [0, 0.05) is 24.3 Å². The molecule has 0 atom stereocenters. The number of benzene rings is 1. The summed E-state index contributed by atoms with van der Waals surface area (Å²) in [6.07, 6.45) is 3.99.